The lowest BCUT2D eigenvalue weighted by Crippen LogP contribution is -2.24. The molecule has 0 bridgehead atoms. The zero-order valence-electron chi connectivity index (χ0n) is 18.7. The van der Waals surface area contributed by atoms with E-state index in [1.54, 1.807) is 54.6 Å². The molecule has 0 radical (unpaired) electrons. The number of carbonyl (C=O) groups is 2. The fourth-order valence-corrected chi connectivity index (χ4v) is 2.94. The monoisotopic (exact) mass is 456 g/mol. The van der Waals surface area contributed by atoms with Crippen molar-refractivity contribution in [2.24, 2.45) is 5.10 Å². The molecule has 0 atom stereocenters. The summed E-state index contributed by atoms with van der Waals surface area (Å²) >= 11 is 0. The highest BCUT2D eigenvalue weighted by Crippen LogP contribution is 2.16. The van der Waals surface area contributed by atoms with E-state index in [9.17, 15) is 9.59 Å². The average molecular weight is 457 g/mol. The fourth-order valence-electron chi connectivity index (χ4n) is 2.94. The lowest BCUT2D eigenvalue weighted by molar-refractivity contribution is -0.126. The number of nitrogens with one attached hydrogen (secondary N) is 2. The number of benzene rings is 3. The van der Waals surface area contributed by atoms with Crippen LogP contribution in [-0.2, 0) is 16.2 Å². The Labute approximate surface area is 197 Å². The molecule has 0 heterocycles. The van der Waals surface area contributed by atoms with Gasteiger partial charge >= 0.3 is 0 Å². The third-order valence-corrected chi connectivity index (χ3v) is 4.59. The molecule has 3 aromatic carbocycles. The van der Waals surface area contributed by atoms with Crippen LogP contribution in [0, 0.1) is 11.3 Å². The lowest BCUT2D eigenvalue weighted by atomic mass is 10.1. The van der Waals surface area contributed by atoms with Crippen LogP contribution in [0.15, 0.2) is 77.9 Å². The van der Waals surface area contributed by atoms with Crippen molar-refractivity contribution in [3.8, 4) is 17.6 Å². The molecule has 0 aliphatic heterocycles. The van der Waals surface area contributed by atoms with Crippen LogP contribution in [0.1, 0.15) is 30.0 Å². The number of rotatable bonds is 10. The zero-order chi connectivity index (χ0) is 24.2. The van der Waals surface area contributed by atoms with Gasteiger partial charge in [-0.2, -0.15) is 10.4 Å². The molecule has 3 rings (SSSR count). The SMILES string of the molecule is CCOc1ccc(NC(=O)CC(=O)NN=Cc2ccc(OCc3ccccc3C#N)cc2)cc1. The highest BCUT2D eigenvalue weighted by Gasteiger charge is 2.09. The number of amides is 2. The van der Waals surface area contributed by atoms with Gasteiger partial charge in [-0.25, -0.2) is 5.43 Å². The molecule has 0 saturated heterocycles. The van der Waals surface area contributed by atoms with E-state index < -0.39 is 11.8 Å². The molecule has 0 saturated carbocycles. The van der Waals surface area contributed by atoms with Crippen molar-refractivity contribution in [1.82, 2.24) is 5.43 Å². The Morgan fingerprint density at radius 1 is 0.941 bits per heavy atom. The Balaban J connectivity index is 1.42. The van der Waals surface area contributed by atoms with Gasteiger partial charge in [-0.05, 0) is 67.1 Å². The van der Waals surface area contributed by atoms with Crippen LogP contribution in [0.4, 0.5) is 5.69 Å². The summed E-state index contributed by atoms with van der Waals surface area (Å²) in [6, 6.07) is 23.4. The van der Waals surface area contributed by atoms with Crippen molar-refractivity contribution in [2.45, 2.75) is 20.0 Å². The summed E-state index contributed by atoms with van der Waals surface area (Å²) in [5.41, 5.74) is 5.04. The molecule has 2 N–H and O–H groups in total. The van der Waals surface area contributed by atoms with Crippen molar-refractivity contribution >= 4 is 23.7 Å². The Morgan fingerprint density at radius 2 is 1.62 bits per heavy atom. The second kappa shape index (κ2) is 12.4. The molecule has 0 aliphatic rings. The standard InChI is InChI=1S/C26H24N4O4/c1-2-33-23-13-9-22(10-14-23)29-25(31)15-26(32)30-28-17-19-7-11-24(12-8-19)34-18-21-6-4-3-5-20(21)16-27/h3-14,17H,2,15,18H2,1H3,(H,29,31)(H,30,32). The van der Waals surface area contributed by atoms with Crippen molar-refractivity contribution in [3.05, 3.63) is 89.5 Å². The summed E-state index contributed by atoms with van der Waals surface area (Å²) in [6.07, 6.45) is 1.11. The second-order valence-corrected chi connectivity index (χ2v) is 7.10. The molecule has 0 unspecified atom stereocenters. The maximum absolute atomic E-state index is 12.0. The average Bonchev–Trinajstić information content (AvgIpc) is 2.85. The summed E-state index contributed by atoms with van der Waals surface area (Å²) in [4.78, 5) is 24.0. The van der Waals surface area contributed by atoms with E-state index in [1.165, 1.54) is 6.21 Å². The first-order valence-electron chi connectivity index (χ1n) is 10.6. The summed E-state index contributed by atoms with van der Waals surface area (Å²) in [5, 5.41) is 15.7. The Bertz CT molecular complexity index is 1180. The van der Waals surface area contributed by atoms with E-state index in [2.05, 4.69) is 21.9 Å². The number of nitriles is 1. The van der Waals surface area contributed by atoms with Crippen LogP contribution in [0.2, 0.25) is 0 Å². The predicted molar refractivity (Wildman–Crippen MR) is 129 cm³/mol. The maximum Gasteiger partial charge on any atom is 0.249 e. The van der Waals surface area contributed by atoms with Gasteiger partial charge in [-0.1, -0.05) is 18.2 Å². The van der Waals surface area contributed by atoms with E-state index in [4.69, 9.17) is 14.7 Å². The number of hydrogen-bond acceptors (Lipinski definition) is 6. The van der Waals surface area contributed by atoms with Gasteiger partial charge in [-0.3, -0.25) is 9.59 Å². The Kier molecular flexibility index (Phi) is 8.76. The minimum atomic E-state index is -0.532. The van der Waals surface area contributed by atoms with E-state index in [0.717, 1.165) is 11.1 Å². The molecule has 0 fully saturated rings. The normalized spacial score (nSPS) is 10.4. The first-order valence-corrected chi connectivity index (χ1v) is 10.6. The fraction of sp³-hybridized carbons (Fsp3) is 0.154. The summed E-state index contributed by atoms with van der Waals surface area (Å²) in [7, 11) is 0. The molecule has 2 amide bonds. The number of carbonyl (C=O) groups excluding carboxylic acids is 2. The van der Waals surface area contributed by atoms with Crippen molar-refractivity contribution < 1.29 is 19.1 Å². The summed E-state index contributed by atoms with van der Waals surface area (Å²) in [6.45, 7) is 2.73. The topological polar surface area (TPSA) is 113 Å². The first-order chi connectivity index (χ1) is 16.6. The Hall–Kier alpha value is -4.64. The van der Waals surface area contributed by atoms with Crippen molar-refractivity contribution in [2.75, 3.05) is 11.9 Å². The Morgan fingerprint density at radius 3 is 2.32 bits per heavy atom. The van der Waals surface area contributed by atoms with Gasteiger partial charge in [0.15, 0.2) is 0 Å². The zero-order valence-corrected chi connectivity index (χ0v) is 18.7. The molecule has 0 aromatic heterocycles. The van der Waals surface area contributed by atoms with Gasteiger partial charge in [0, 0.05) is 11.3 Å². The van der Waals surface area contributed by atoms with Crippen molar-refractivity contribution in [3.63, 3.8) is 0 Å². The molecule has 34 heavy (non-hydrogen) atoms. The molecular weight excluding hydrogens is 432 g/mol. The van der Waals surface area contributed by atoms with E-state index in [0.29, 0.717) is 29.4 Å². The minimum absolute atomic E-state index is 0.284. The predicted octanol–water partition coefficient (Wildman–Crippen LogP) is 4.01. The number of hydrogen-bond donors (Lipinski definition) is 2. The molecule has 172 valence electrons. The van der Waals surface area contributed by atoms with E-state index in [1.807, 2.05) is 25.1 Å². The molecule has 8 nitrogen and oxygen atoms in total. The quantitative estimate of drug-likeness (QED) is 0.272. The molecular formula is C26H24N4O4. The van der Waals surface area contributed by atoms with Crippen LogP contribution in [-0.4, -0.2) is 24.6 Å². The highest BCUT2D eigenvalue weighted by molar-refractivity contribution is 6.03. The minimum Gasteiger partial charge on any atom is -0.494 e. The summed E-state index contributed by atoms with van der Waals surface area (Å²) < 4.78 is 11.1. The second-order valence-electron chi connectivity index (χ2n) is 7.10. The smallest absolute Gasteiger partial charge is 0.249 e. The van der Waals surface area contributed by atoms with E-state index in [-0.39, 0.29) is 13.0 Å². The van der Waals surface area contributed by atoms with Crippen LogP contribution in [0.25, 0.3) is 0 Å². The molecule has 0 spiro atoms. The van der Waals surface area contributed by atoms with Gasteiger partial charge in [0.05, 0.1) is 24.5 Å². The molecule has 0 aliphatic carbocycles. The van der Waals surface area contributed by atoms with Crippen molar-refractivity contribution in [1.29, 1.82) is 5.26 Å². The van der Waals surface area contributed by atoms with Gasteiger partial charge in [-0.15, -0.1) is 0 Å². The molecule has 3 aromatic rings. The van der Waals surface area contributed by atoms with Gasteiger partial charge < -0.3 is 14.8 Å². The van der Waals surface area contributed by atoms with Gasteiger partial charge in [0.2, 0.25) is 11.8 Å². The number of anilines is 1. The van der Waals surface area contributed by atoms with Crippen LogP contribution in [0.5, 0.6) is 11.5 Å². The number of nitrogens with zero attached hydrogens (tertiary/aromatic N) is 2. The number of hydrazone groups is 1. The third kappa shape index (κ3) is 7.50. The maximum atomic E-state index is 12.0. The third-order valence-electron chi connectivity index (χ3n) is 4.59. The largest absolute Gasteiger partial charge is 0.494 e. The van der Waals surface area contributed by atoms with Crippen LogP contribution in [0.3, 0.4) is 0 Å². The van der Waals surface area contributed by atoms with Crippen LogP contribution >= 0.6 is 0 Å². The van der Waals surface area contributed by atoms with E-state index >= 15 is 0 Å². The van der Waals surface area contributed by atoms with Crippen LogP contribution < -0.4 is 20.2 Å². The summed E-state index contributed by atoms with van der Waals surface area (Å²) in [5.74, 6) is 0.364. The molecule has 8 heteroatoms. The first kappa shape index (κ1) is 24.0. The van der Waals surface area contributed by atoms with Gasteiger partial charge in [0.25, 0.3) is 0 Å². The lowest BCUT2D eigenvalue weighted by Gasteiger charge is -2.07. The van der Waals surface area contributed by atoms with Gasteiger partial charge in [0.1, 0.15) is 24.5 Å². The number of ether oxygens (including phenoxy) is 2. The highest BCUT2D eigenvalue weighted by atomic mass is 16.5.